The first-order chi connectivity index (χ1) is 16.9. The minimum Gasteiger partial charge on any atom is -0.508 e. The van der Waals surface area contributed by atoms with E-state index in [4.69, 9.17) is 0 Å². The normalized spacial score (nSPS) is 13.6. The van der Waals surface area contributed by atoms with E-state index >= 15 is 0 Å². The number of piperazine rings is 1. The lowest BCUT2D eigenvalue weighted by Crippen LogP contribution is -2.48. The van der Waals surface area contributed by atoms with E-state index in [1.807, 2.05) is 38.1 Å². The molecule has 182 valence electrons. The average Bonchev–Trinajstić information content (AvgIpc) is 2.89. The molecule has 1 aliphatic rings. The van der Waals surface area contributed by atoms with Crippen LogP contribution >= 0.6 is 0 Å². The molecule has 7 heteroatoms. The lowest BCUT2D eigenvalue weighted by Gasteiger charge is -2.36. The van der Waals surface area contributed by atoms with Crippen LogP contribution in [-0.4, -0.2) is 66.0 Å². The van der Waals surface area contributed by atoms with Gasteiger partial charge in [-0.1, -0.05) is 18.2 Å². The molecule has 0 radical (unpaired) electrons. The van der Waals surface area contributed by atoms with Gasteiger partial charge < -0.3 is 19.8 Å². The molecule has 0 bridgehead atoms. The summed E-state index contributed by atoms with van der Waals surface area (Å²) < 4.78 is 14.8. The van der Waals surface area contributed by atoms with Crippen molar-refractivity contribution < 1.29 is 19.1 Å². The summed E-state index contributed by atoms with van der Waals surface area (Å²) in [4.78, 5) is 31.2. The average molecular weight is 476 g/mol. The summed E-state index contributed by atoms with van der Waals surface area (Å²) in [7, 11) is 0. The highest BCUT2D eigenvalue weighted by molar-refractivity contribution is 5.95. The molecular weight excluding hydrogens is 445 g/mol. The fraction of sp³-hybridized carbons (Fsp3) is 0.286. The van der Waals surface area contributed by atoms with Crippen molar-refractivity contribution in [1.82, 2.24) is 9.80 Å². The van der Waals surface area contributed by atoms with Crippen LogP contribution in [0.15, 0.2) is 66.7 Å². The third-order valence-electron chi connectivity index (χ3n) is 6.47. The van der Waals surface area contributed by atoms with Gasteiger partial charge in [0.2, 0.25) is 0 Å². The minimum absolute atomic E-state index is 0.0271. The van der Waals surface area contributed by atoms with Crippen LogP contribution in [0.1, 0.15) is 34.6 Å². The smallest absolute Gasteiger partial charge is 0.254 e. The van der Waals surface area contributed by atoms with Crippen molar-refractivity contribution in [2.45, 2.75) is 13.8 Å². The lowest BCUT2D eigenvalue weighted by atomic mass is 10.0. The lowest BCUT2D eigenvalue weighted by molar-refractivity contribution is 0.0744. The van der Waals surface area contributed by atoms with Crippen molar-refractivity contribution in [3.63, 3.8) is 0 Å². The summed E-state index contributed by atoms with van der Waals surface area (Å²) in [5.41, 5.74) is 2.88. The molecule has 1 fully saturated rings. The number of carbonyl (C=O) groups is 2. The van der Waals surface area contributed by atoms with Gasteiger partial charge in [0, 0.05) is 61.6 Å². The molecule has 0 spiro atoms. The highest BCUT2D eigenvalue weighted by atomic mass is 19.1. The zero-order valence-electron chi connectivity index (χ0n) is 20.1. The molecule has 0 unspecified atom stereocenters. The summed E-state index contributed by atoms with van der Waals surface area (Å²) in [5, 5.41) is 9.66. The molecule has 3 aromatic carbocycles. The maximum absolute atomic E-state index is 14.8. The van der Waals surface area contributed by atoms with E-state index in [0.717, 1.165) is 5.69 Å². The molecule has 0 aromatic heterocycles. The summed E-state index contributed by atoms with van der Waals surface area (Å²) in [6.07, 6.45) is 0. The predicted molar refractivity (Wildman–Crippen MR) is 135 cm³/mol. The minimum atomic E-state index is -0.501. The molecule has 3 aromatic rings. The Morgan fingerprint density at radius 2 is 1.54 bits per heavy atom. The number of halogens is 1. The van der Waals surface area contributed by atoms with Crippen molar-refractivity contribution >= 4 is 17.5 Å². The second-order valence-electron chi connectivity index (χ2n) is 8.55. The van der Waals surface area contributed by atoms with Gasteiger partial charge >= 0.3 is 0 Å². The molecule has 0 atom stereocenters. The first-order valence-electron chi connectivity index (χ1n) is 11.9. The predicted octanol–water partition coefficient (Wildman–Crippen LogP) is 4.64. The molecule has 0 aliphatic carbocycles. The standard InChI is InChI=1S/C28H30FN3O3/c1-3-30(4-2)27(34)20-8-11-23(12-9-20)31-14-16-32(17-15-31)28(35)22-10-13-25(26(29)19-22)21-6-5-7-24(33)18-21/h5-13,18-19,33H,3-4,14-17H2,1-2H3. The molecule has 2 amide bonds. The molecule has 1 aliphatic heterocycles. The number of phenols is 1. The molecular formula is C28H30FN3O3. The number of phenolic OH excluding ortho intramolecular Hbond substituents is 1. The van der Waals surface area contributed by atoms with E-state index in [2.05, 4.69) is 4.90 Å². The third-order valence-corrected chi connectivity index (χ3v) is 6.47. The van der Waals surface area contributed by atoms with Gasteiger partial charge in [-0.25, -0.2) is 4.39 Å². The van der Waals surface area contributed by atoms with Gasteiger partial charge in [-0.2, -0.15) is 0 Å². The van der Waals surface area contributed by atoms with Crippen molar-refractivity contribution in [1.29, 1.82) is 0 Å². The first-order valence-corrected chi connectivity index (χ1v) is 11.9. The fourth-order valence-corrected chi connectivity index (χ4v) is 4.41. The number of amides is 2. The van der Waals surface area contributed by atoms with Crippen LogP contribution in [0.25, 0.3) is 11.1 Å². The van der Waals surface area contributed by atoms with Crippen molar-refractivity contribution in [3.8, 4) is 16.9 Å². The number of anilines is 1. The molecule has 0 saturated carbocycles. The number of benzene rings is 3. The Morgan fingerprint density at radius 1 is 0.886 bits per heavy atom. The van der Waals surface area contributed by atoms with Gasteiger partial charge in [0.15, 0.2) is 0 Å². The van der Waals surface area contributed by atoms with E-state index in [0.29, 0.717) is 61.5 Å². The maximum Gasteiger partial charge on any atom is 0.254 e. The molecule has 1 saturated heterocycles. The van der Waals surface area contributed by atoms with Crippen molar-refractivity contribution in [3.05, 3.63) is 83.7 Å². The van der Waals surface area contributed by atoms with Gasteiger partial charge in [0.25, 0.3) is 11.8 Å². The van der Waals surface area contributed by atoms with E-state index < -0.39 is 5.82 Å². The van der Waals surface area contributed by atoms with Crippen LogP contribution in [0.2, 0.25) is 0 Å². The Balaban J connectivity index is 1.38. The van der Waals surface area contributed by atoms with E-state index in [1.54, 1.807) is 34.1 Å². The Bertz CT molecular complexity index is 1200. The van der Waals surface area contributed by atoms with Gasteiger partial charge in [-0.3, -0.25) is 9.59 Å². The zero-order valence-corrected chi connectivity index (χ0v) is 20.1. The summed E-state index contributed by atoms with van der Waals surface area (Å²) in [6, 6.07) is 18.5. The van der Waals surface area contributed by atoms with Gasteiger partial charge in [-0.05, 0) is 67.9 Å². The Kier molecular flexibility index (Phi) is 7.34. The Hall–Kier alpha value is -3.87. The number of carbonyl (C=O) groups excluding carboxylic acids is 2. The molecule has 1 heterocycles. The topological polar surface area (TPSA) is 64.1 Å². The van der Waals surface area contributed by atoms with Crippen LogP contribution in [0.3, 0.4) is 0 Å². The number of rotatable bonds is 6. The van der Waals surface area contributed by atoms with E-state index in [1.165, 1.54) is 18.2 Å². The third kappa shape index (κ3) is 5.29. The second kappa shape index (κ2) is 10.6. The van der Waals surface area contributed by atoms with Gasteiger partial charge in [0.05, 0.1) is 0 Å². The fourth-order valence-electron chi connectivity index (χ4n) is 4.41. The first kappa shape index (κ1) is 24.3. The molecule has 1 N–H and O–H groups in total. The maximum atomic E-state index is 14.8. The Morgan fingerprint density at radius 3 is 2.14 bits per heavy atom. The molecule has 4 rings (SSSR count). The van der Waals surface area contributed by atoms with Crippen LogP contribution in [0.5, 0.6) is 5.75 Å². The highest BCUT2D eigenvalue weighted by Gasteiger charge is 2.23. The van der Waals surface area contributed by atoms with Crippen molar-refractivity contribution in [2.24, 2.45) is 0 Å². The number of hydrogen-bond donors (Lipinski definition) is 1. The largest absolute Gasteiger partial charge is 0.508 e. The van der Waals surface area contributed by atoms with Crippen molar-refractivity contribution in [2.75, 3.05) is 44.2 Å². The van der Waals surface area contributed by atoms with Gasteiger partial charge in [-0.15, -0.1) is 0 Å². The zero-order chi connectivity index (χ0) is 24.9. The van der Waals surface area contributed by atoms with Crippen LogP contribution < -0.4 is 4.90 Å². The monoisotopic (exact) mass is 475 g/mol. The number of nitrogens with zero attached hydrogens (tertiary/aromatic N) is 3. The summed E-state index contributed by atoms with van der Waals surface area (Å²) >= 11 is 0. The van der Waals surface area contributed by atoms with E-state index in [-0.39, 0.29) is 17.6 Å². The Labute approximate surface area is 205 Å². The second-order valence-corrected chi connectivity index (χ2v) is 8.55. The molecule has 35 heavy (non-hydrogen) atoms. The number of hydrogen-bond acceptors (Lipinski definition) is 4. The quantitative estimate of drug-likeness (QED) is 0.564. The molecule has 6 nitrogen and oxygen atoms in total. The van der Waals surface area contributed by atoms with Crippen LogP contribution in [0, 0.1) is 5.82 Å². The van der Waals surface area contributed by atoms with E-state index in [9.17, 15) is 19.1 Å². The number of aromatic hydroxyl groups is 1. The van der Waals surface area contributed by atoms with Crippen LogP contribution in [-0.2, 0) is 0 Å². The van der Waals surface area contributed by atoms with Crippen LogP contribution in [0.4, 0.5) is 10.1 Å². The summed E-state index contributed by atoms with van der Waals surface area (Å²) in [6.45, 7) is 7.63. The SMILES string of the molecule is CCN(CC)C(=O)c1ccc(N2CCN(C(=O)c3ccc(-c4cccc(O)c4)c(F)c3)CC2)cc1. The highest BCUT2D eigenvalue weighted by Crippen LogP contribution is 2.27. The summed E-state index contributed by atoms with van der Waals surface area (Å²) in [5.74, 6) is -0.616. The van der Waals surface area contributed by atoms with Gasteiger partial charge in [0.1, 0.15) is 11.6 Å².